The monoisotopic (exact) mass is 394 g/mol. The Bertz CT molecular complexity index is 952. The molecule has 3 aromatic heterocycles. The minimum absolute atomic E-state index is 0.211. The predicted octanol–water partition coefficient (Wildman–Crippen LogP) is 3.22. The molecule has 144 valence electrons. The number of hydrogen-bond donors (Lipinski definition) is 1. The van der Waals surface area contributed by atoms with Gasteiger partial charge in [-0.05, 0) is 38.3 Å². The van der Waals surface area contributed by atoms with Gasteiger partial charge in [0.15, 0.2) is 0 Å². The summed E-state index contributed by atoms with van der Waals surface area (Å²) in [7, 11) is 0. The predicted molar refractivity (Wildman–Crippen MR) is 109 cm³/mol. The Hall–Kier alpha value is -2.87. The van der Waals surface area contributed by atoms with Crippen LogP contribution >= 0.6 is 11.3 Å². The quantitative estimate of drug-likeness (QED) is 0.715. The van der Waals surface area contributed by atoms with Gasteiger partial charge in [0.25, 0.3) is 5.91 Å². The largest absolute Gasteiger partial charge is 0.345 e. The summed E-state index contributed by atoms with van der Waals surface area (Å²) in [6, 6.07) is 3.76. The first-order valence-electron chi connectivity index (χ1n) is 9.42. The average molecular weight is 395 g/mol. The number of piperidine rings is 1. The highest BCUT2D eigenvalue weighted by Gasteiger charge is 2.20. The molecule has 1 aliphatic heterocycles. The summed E-state index contributed by atoms with van der Waals surface area (Å²) >= 11 is 1.53. The van der Waals surface area contributed by atoms with Gasteiger partial charge in [0.1, 0.15) is 5.01 Å². The van der Waals surface area contributed by atoms with E-state index >= 15 is 0 Å². The molecule has 7 nitrogen and oxygen atoms in total. The van der Waals surface area contributed by atoms with Crippen LogP contribution in [0.4, 0.5) is 5.95 Å². The van der Waals surface area contributed by atoms with E-state index in [1.165, 1.54) is 17.8 Å². The molecule has 4 rings (SSSR count). The molecule has 1 amide bonds. The number of aromatic nitrogens is 4. The zero-order valence-corrected chi connectivity index (χ0v) is 16.6. The van der Waals surface area contributed by atoms with Crippen molar-refractivity contribution in [1.82, 2.24) is 25.3 Å². The van der Waals surface area contributed by atoms with Crippen LogP contribution in [0.2, 0.25) is 0 Å². The van der Waals surface area contributed by atoms with Gasteiger partial charge in [0, 0.05) is 48.3 Å². The van der Waals surface area contributed by atoms with Crippen LogP contribution in [-0.4, -0.2) is 38.9 Å². The number of aryl methyl sites for hydroxylation is 1. The lowest BCUT2D eigenvalue weighted by Gasteiger charge is -2.27. The Morgan fingerprint density at radius 3 is 2.79 bits per heavy atom. The summed E-state index contributed by atoms with van der Waals surface area (Å²) in [5.41, 5.74) is 2.82. The van der Waals surface area contributed by atoms with Crippen molar-refractivity contribution in [3.8, 4) is 11.3 Å². The molecule has 4 heterocycles. The average Bonchev–Trinajstić information content (AvgIpc) is 3.18. The maximum Gasteiger partial charge on any atom is 0.255 e. The van der Waals surface area contributed by atoms with Crippen LogP contribution in [0.15, 0.2) is 36.1 Å². The second-order valence-corrected chi connectivity index (χ2v) is 7.73. The third kappa shape index (κ3) is 4.17. The van der Waals surface area contributed by atoms with E-state index in [0.29, 0.717) is 23.8 Å². The van der Waals surface area contributed by atoms with Crippen molar-refractivity contribution in [3.05, 3.63) is 52.4 Å². The van der Waals surface area contributed by atoms with Gasteiger partial charge < -0.3 is 10.2 Å². The van der Waals surface area contributed by atoms with E-state index in [0.717, 1.165) is 42.2 Å². The highest BCUT2D eigenvalue weighted by Crippen LogP contribution is 2.24. The van der Waals surface area contributed by atoms with Gasteiger partial charge in [-0.25, -0.2) is 15.0 Å². The molecule has 1 saturated heterocycles. The number of amides is 1. The van der Waals surface area contributed by atoms with E-state index in [9.17, 15) is 4.79 Å². The van der Waals surface area contributed by atoms with E-state index in [-0.39, 0.29) is 5.91 Å². The molecule has 8 heteroatoms. The van der Waals surface area contributed by atoms with Gasteiger partial charge in [-0.3, -0.25) is 9.78 Å². The molecule has 0 unspecified atom stereocenters. The lowest BCUT2D eigenvalue weighted by Crippen LogP contribution is -2.31. The smallest absolute Gasteiger partial charge is 0.255 e. The molecule has 0 radical (unpaired) electrons. The van der Waals surface area contributed by atoms with Crippen molar-refractivity contribution in [2.45, 2.75) is 32.7 Å². The van der Waals surface area contributed by atoms with E-state index < -0.39 is 0 Å². The van der Waals surface area contributed by atoms with E-state index in [1.807, 2.05) is 24.4 Å². The summed E-state index contributed by atoms with van der Waals surface area (Å²) in [5.74, 6) is 0.461. The van der Waals surface area contributed by atoms with Crippen LogP contribution in [0.5, 0.6) is 0 Å². The first kappa shape index (κ1) is 18.5. The van der Waals surface area contributed by atoms with Crippen molar-refractivity contribution in [2.24, 2.45) is 0 Å². The lowest BCUT2D eigenvalue weighted by atomic mass is 10.1. The van der Waals surface area contributed by atoms with Gasteiger partial charge in [-0.15, -0.1) is 11.3 Å². The van der Waals surface area contributed by atoms with Gasteiger partial charge in [0.05, 0.1) is 17.8 Å². The summed E-state index contributed by atoms with van der Waals surface area (Å²) < 4.78 is 0. The van der Waals surface area contributed by atoms with Crippen molar-refractivity contribution in [3.63, 3.8) is 0 Å². The highest BCUT2D eigenvalue weighted by molar-refractivity contribution is 7.09. The third-order valence-electron chi connectivity index (χ3n) is 4.66. The molecule has 3 aromatic rings. The molecule has 0 aliphatic carbocycles. The number of thiazole rings is 1. The fraction of sp³-hybridized carbons (Fsp3) is 0.350. The molecule has 0 spiro atoms. The molecular weight excluding hydrogens is 372 g/mol. The van der Waals surface area contributed by atoms with Crippen molar-refractivity contribution < 1.29 is 4.79 Å². The zero-order valence-electron chi connectivity index (χ0n) is 15.8. The summed E-state index contributed by atoms with van der Waals surface area (Å²) in [6.07, 6.45) is 8.58. The summed E-state index contributed by atoms with van der Waals surface area (Å²) in [6.45, 7) is 4.22. The number of anilines is 1. The Kier molecular flexibility index (Phi) is 5.57. The van der Waals surface area contributed by atoms with Crippen molar-refractivity contribution >= 4 is 23.2 Å². The molecule has 0 bridgehead atoms. The normalized spacial score (nSPS) is 14.1. The topological polar surface area (TPSA) is 83.9 Å². The summed E-state index contributed by atoms with van der Waals surface area (Å²) in [4.78, 5) is 32.9. The molecule has 0 saturated carbocycles. The molecular formula is C20H22N6OS. The minimum atomic E-state index is -0.211. The van der Waals surface area contributed by atoms with Crippen LogP contribution in [0.3, 0.4) is 0 Å². The standard InChI is InChI=1S/C20H22N6OS/c1-14-13-28-17(24-14)12-22-19(27)16-11-23-20(26-8-3-2-4-9-26)25-18(16)15-6-5-7-21-10-15/h5-7,10-11,13H,2-4,8-9,12H2,1H3,(H,22,27). The fourth-order valence-electron chi connectivity index (χ4n) is 3.24. The van der Waals surface area contributed by atoms with Gasteiger partial charge in [-0.1, -0.05) is 0 Å². The highest BCUT2D eigenvalue weighted by atomic mass is 32.1. The van der Waals surface area contributed by atoms with Gasteiger partial charge >= 0.3 is 0 Å². The fourth-order valence-corrected chi connectivity index (χ4v) is 3.95. The van der Waals surface area contributed by atoms with Crippen LogP contribution in [-0.2, 0) is 6.54 Å². The van der Waals surface area contributed by atoms with Gasteiger partial charge in [0.2, 0.25) is 5.95 Å². The number of carbonyl (C=O) groups is 1. The number of nitrogens with one attached hydrogen (secondary N) is 1. The number of pyridine rings is 1. The number of carbonyl (C=O) groups excluding carboxylic acids is 1. The number of hydrogen-bond acceptors (Lipinski definition) is 7. The lowest BCUT2D eigenvalue weighted by molar-refractivity contribution is 0.0951. The van der Waals surface area contributed by atoms with Crippen LogP contribution in [0.25, 0.3) is 11.3 Å². The maximum atomic E-state index is 12.9. The van der Waals surface area contributed by atoms with E-state index in [1.54, 1.807) is 18.6 Å². The molecule has 1 fully saturated rings. The van der Waals surface area contributed by atoms with E-state index in [4.69, 9.17) is 4.98 Å². The Morgan fingerprint density at radius 1 is 1.21 bits per heavy atom. The van der Waals surface area contributed by atoms with Gasteiger partial charge in [-0.2, -0.15) is 0 Å². The van der Waals surface area contributed by atoms with Crippen LogP contribution in [0.1, 0.15) is 40.3 Å². The number of nitrogens with zero attached hydrogens (tertiary/aromatic N) is 5. The van der Waals surface area contributed by atoms with Crippen LogP contribution in [0, 0.1) is 6.92 Å². The second kappa shape index (κ2) is 8.43. The Labute approximate surface area is 167 Å². The molecule has 1 aliphatic rings. The maximum absolute atomic E-state index is 12.9. The van der Waals surface area contributed by atoms with E-state index in [2.05, 4.69) is 25.2 Å². The first-order chi connectivity index (χ1) is 13.7. The Morgan fingerprint density at radius 2 is 2.07 bits per heavy atom. The molecule has 0 atom stereocenters. The third-order valence-corrected chi connectivity index (χ3v) is 5.63. The number of rotatable bonds is 5. The summed E-state index contributed by atoms with van der Waals surface area (Å²) in [5, 5.41) is 5.78. The molecule has 1 N–H and O–H groups in total. The first-order valence-corrected chi connectivity index (χ1v) is 10.3. The van der Waals surface area contributed by atoms with Crippen molar-refractivity contribution in [1.29, 1.82) is 0 Å². The minimum Gasteiger partial charge on any atom is -0.345 e. The SMILES string of the molecule is Cc1csc(CNC(=O)c2cnc(N3CCCCC3)nc2-c2cccnc2)n1. The molecule has 28 heavy (non-hydrogen) atoms. The second-order valence-electron chi connectivity index (χ2n) is 6.79. The Balaban J connectivity index is 1.62. The molecule has 0 aromatic carbocycles. The zero-order chi connectivity index (χ0) is 19.3. The van der Waals surface area contributed by atoms with Crippen molar-refractivity contribution in [2.75, 3.05) is 18.0 Å². The van der Waals surface area contributed by atoms with Crippen LogP contribution < -0.4 is 10.2 Å².